The lowest BCUT2D eigenvalue weighted by Crippen LogP contribution is -2.33. The Morgan fingerprint density at radius 1 is 1.03 bits per heavy atom. The van der Waals surface area contributed by atoms with Gasteiger partial charge in [0.1, 0.15) is 5.82 Å². The molecule has 0 aliphatic carbocycles. The third-order valence-corrected chi connectivity index (χ3v) is 6.11. The minimum atomic E-state index is -0.532. The van der Waals surface area contributed by atoms with E-state index in [1.54, 1.807) is 41.3 Å². The van der Waals surface area contributed by atoms with E-state index >= 15 is 0 Å². The van der Waals surface area contributed by atoms with Gasteiger partial charge in [0, 0.05) is 12.2 Å². The molecule has 0 N–H and O–H groups in total. The number of carbonyl (C=O) groups excluding carboxylic acids is 1. The highest BCUT2D eigenvalue weighted by Gasteiger charge is 2.20. The average molecular weight is 448 g/mol. The van der Waals surface area contributed by atoms with E-state index in [1.807, 2.05) is 38.1 Å². The number of carbonyl (C=O) groups is 1. The van der Waals surface area contributed by atoms with Crippen LogP contribution in [-0.4, -0.2) is 27.8 Å². The van der Waals surface area contributed by atoms with Crippen LogP contribution in [0.15, 0.2) is 82.7 Å². The smallest absolute Gasteiger partial charge is 0.266 e. The summed E-state index contributed by atoms with van der Waals surface area (Å²) < 4.78 is 15.9. The van der Waals surface area contributed by atoms with Gasteiger partial charge in [0.15, 0.2) is 5.16 Å². The topological polar surface area (TPSA) is 55.2 Å². The molecule has 5 nitrogen and oxygen atoms in total. The molecule has 0 fully saturated rings. The van der Waals surface area contributed by atoms with Crippen LogP contribution in [0.25, 0.3) is 16.6 Å². The van der Waals surface area contributed by atoms with Crippen LogP contribution in [0.5, 0.6) is 0 Å². The van der Waals surface area contributed by atoms with Crippen LogP contribution in [0.1, 0.15) is 12.5 Å². The largest absolute Gasteiger partial charge is 0.312 e. The van der Waals surface area contributed by atoms with Crippen LogP contribution in [0.3, 0.4) is 0 Å². The van der Waals surface area contributed by atoms with Crippen LogP contribution < -0.4 is 10.5 Å². The van der Waals surface area contributed by atoms with Gasteiger partial charge in [-0.3, -0.25) is 14.2 Å². The van der Waals surface area contributed by atoms with Gasteiger partial charge in [0.2, 0.25) is 5.91 Å². The molecule has 0 unspecified atom stereocenters. The molecule has 0 saturated carbocycles. The van der Waals surface area contributed by atoms with Gasteiger partial charge in [-0.25, -0.2) is 9.37 Å². The van der Waals surface area contributed by atoms with Crippen molar-refractivity contribution in [3.63, 3.8) is 0 Å². The summed E-state index contributed by atoms with van der Waals surface area (Å²) in [5.41, 5.74) is 2.09. The summed E-state index contributed by atoms with van der Waals surface area (Å²) in [5.74, 6) is -0.592. The monoisotopic (exact) mass is 447 g/mol. The Kier molecular flexibility index (Phi) is 6.37. The van der Waals surface area contributed by atoms with Crippen LogP contribution in [0, 0.1) is 12.7 Å². The molecule has 7 heteroatoms. The number of hydrogen-bond donors (Lipinski definition) is 0. The van der Waals surface area contributed by atoms with E-state index < -0.39 is 5.82 Å². The predicted molar refractivity (Wildman–Crippen MR) is 127 cm³/mol. The van der Waals surface area contributed by atoms with Crippen molar-refractivity contribution >= 4 is 34.3 Å². The van der Waals surface area contributed by atoms with E-state index in [9.17, 15) is 14.0 Å². The number of fused-ring (bicyclic) bond motifs is 1. The second-order valence-corrected chi connectivity index (χ2v) is 8.16. The highest BCUT2D eigenvalue weighted by molar-refractivity contribution is 7.99. The third kappa shape index (κ3) is 4.16. The van der Waals surface area contributed by atoms with Gasteiger partial charge in [0.25, 0.3) is 5.56 Å². The van der Waals surface area contributed by atoms with Crippen LogP contribution >= 0.6 is 11.8 Å². The Balaban J connectivity index is 1.73. The third-order valence-electron chi connectivity index (χ3n) is 5.19. The number of nitrogens with zero attached hydrogens (tertiary/aromatic N) is 3. The molecule has 0 aliphatic heterocycles. The lowest BCUT2D eigenvalue weighted by molar-refractivity contribution is -0.116. The Morgan fingerprint density at radius 2 is 1.72 bits per heavy atom. The van der Waals surface area contributed by atoms with E-state index in [-0.39, 0.29) is 28.1 Å². The molecule has 0 bridgehead atoms. The first-order chi connectivity index (χ1) is 15.5. The van der Waals surface area contributed by atoms with Gasteiger partial charge in [-0.05, 0) is 49.7 Å². The van der Waals surface area contributed by atoms with E-state index in [2.05, 4.69) is 4.98 Å². The highest BCUT2D eigenvalue weighted by atomic mass is 32.2. The zero-order valence-electron chi connectivity index (χ0n) is 17.8. The van der Waals surface area contributed by atoms with Gasteiger partial charge in [0.05, 0.1) is 22.3 Å². The number of anilines is 1. The molecule has 3 aromatic carbocycles. The van der Waals surface area contributed by atoms with Crippen molar-refractivity contribution in [2.24, 2.45) is 0 Å². The van der Waals surface area contributed by atoms with Crippen molar-refractivity contribution in [1.82, 2.24) is 9.55 Å². The van der Waals surface area contributed by atoms with Crippen LogP contribution in [-0.2, 0) is 4.79 Å². The molecule has 0 saturated heterocycles. The average Bonchev–Trinajstić information content (AvgIpc) is 2.80. The Bertz CT molecular complexity index is 1350. The van der Waals surface area contributed by atoms with Crippen LogP contribution in [0.2, 0.25) is 0 Å². The predicted octanol–water partition coefficient (Wildman–Crippen LogP) is 4.98. The van der Waals surface area contributed by atoms with Crippen LogP contribution in [0.4, 0.5) is 10.1 Å². The summed E-state index contributed by atoms with van der Waals surface area (Å²) in [7, 11) is 0. The normalized spacial score (nSPS) is 11.0. The van der Waals surface area contributed by atoms with Gasteiger partial charge in [-0.15, -0.1) is 0 Å². The van der Waals surface area contributed by atoms with Crippen molar-refractivity contribution in [3.05, 3.63) is 94.5 Å². The molecule has 1 heterocycles. The van der Waals surface area contributed by atoms with Crippen molar-refractivity contribution in [1.29, 1.82) is 0 Å². The second-order valence-electron chi connectivity index (χ2n) is 7.22. The molecule has 1 amide bonds. The van der Waals surface area contributed by atoms with Gasteiger partial charge < -0.3 is 4.90 Å². The maximum Gasteiger partial charge on any atom is 0.266 e. The molecule has 0 radical (unpaired) electrons. The molecular weight excluding hydrogens is 425 g/mol. The van der Waals surface area contributed by atoms with E-state index in [0.29, 0.717) is 17.4 Å². The number of thioether (sulfide) groups is 1. The number of aromatic nitrogens is 2. The zero-order chi connectivity index (χ0) is 22.7. The van der Waals surface area contributed by atoms with E-state index in [4.69, 9.17) is 0 Å². The Morgan fingerprint density at radius 3 is 2.47 bits per heavy atom. The Hall–Kier alpha value is -3.45. The molecular formula is C25H22FN3O2S. The number of benzene rings is 3. The first-order valence-electron chi connectivity index (χ1n) is 10.3. The second kappa shape index (κ2) is 9.36. The quantitative estimate of drug-likeness (QED) is 0.309. The standard InChI is InChI=1S/C25H22FN3O2S/c1-3-28(21-14-8-4-10-17(21)2)23(30)16-32-25-27-20-13-7-5-11-18(20)24(31)29(25)22-15-9-6-12-19(22)26/h4-15H,3,16H2,1-2H3. The summed E-state index contributed by atoms with van der Waals surface area (Å²) in [4.78, 5) is 32.6. The van der Waals surface area contributed by atoms with E-state index in [1.165, 1.54) is 16.7 Å². The lowest BCUT2D eigenvalue weighted by atomic mass is 10.2. The number of halogens is 1. The molecule has 4 aromatic rings. The summed E-state index contributed by atoms with van der Waals surface area (Å²) in [6.07, 6.45) is 0. The number of hydrogen-bond acceptors (Lipinski definition) is 4. The minimum absolute atomic E-state index is 0.0570. The number of aryl methyl sites for hydroxylation is 1. The SMILES string of the molecule is CCN(C(=O)CSc1nc2ccccc2c(=O)n1-c1ccccc1F)c1ccccc1C. The molecule has 0 aliphatic rings. The zero-order valence-corrected chi connectivity index (χ0v) is 18.6. The summed E-state index contributed by atoms with van der Waals surface area (Å²) in [6, 6.07) is 20.7. The number of rotatable bonds is 6. The molecule has 162 valence electrons. The maximum absolute atomic E-state index is 14.6. The molecule has 0 atom stereocenters. The van der Waals surface area contributed by atoms with Crippen molar-refractivity contribution in [2.45, 2.75) is 19.0 Å². The van der Waals surface area contributed by atoms with Crippen molar-refractivity contribution in [3.8, 4) is 5.69 Å². The number of para-hydroxylation sites is 3. The lowest BCUT2D eigenvalue weighted by Gasteiger charge is -2.23. The summed E-state index contributed by atoms with van der Waals surface area (Å²) in [6.45, 7) is 4.38. The first kappa shape index (κ1) is 21.8. The first-order valence-corrected chi connectivity index (χ1v) is 11.2. The fraction of sp³-hybridized carbons (Fsp3) is 0.160. The molecule has 0 spiro atoms. The fourth-order valence-corrected chi connectivity index (χ4v) is 4.49. The van der Waals surface area contributed by atoms with Crippen molar-refractivity contribution in [2.75, 3.05) is 17.2 Å². The Labute approximate surface area is 189 Å². The molecule has 1 aromatic heterocycles. The molecule has 32 heavy (non-hydrogen) atoms. The maximum atomic E-state index is 14.6. The summed E-state index contributed by atoms with van der Waals surface area (Å²) >= 11 is 1.13. The number of amides is 1. The highest BCUT2D eigenvalue weighted by Crippen LogP contribution is 2.25. The van der Waals surface area contributed by atoms with E-state index in [0.717, 1.165) is 23.0 Å². The summed E-state index contributed by atoms with van der Waals surface area (Å²) in [5, 5.41) is 0.662. The van der Waals surface area contributed by atoms with Gasteiger partial charge in [-0.2, -0.15) is 0 Å². The van der Waals surface area contributed by atoms with Crippen molar-refractivity contribution < 1.29 is 9.18 Å². The van der Waals surface area contributed by atoms with Gasteiger partial charge in [-0.1, -0.05) is 54.2 Å². The minimum Gasteiger partial charge on any atom is -0.312 e. The van der Waals surface area contributed by atoms with Gasteiger partial charge >= 0.3 is 0 Å². The fourth-order valence-electron chi connectivity index (χ4n) is 3.61. The molecule has 4 rings (SSSR count).